The number of ether oxygens (including phenoxy) is 1. The molecule has 1 aromatic heterocycles. The number of hydrogen-bond acceptors (Lipinski definition) is 3. The van der Waals surface area contributed by atoms with E-state index in [4.69, 9.17) is 4.74 Å². The normalized spacial score (nSPS) is 11.9. The fourth-order valence-corrected chi connectivity index (χ4v) is 1.34. The monoisotopic (exact) mass is 262 g/mol. The molecular weight excluding hydrogens is 245 g/mol. The molecule has 0 amide bonds. The number of hydrogen-bond donors (Lipinski definition) is 1. The summed E-state index contributed by atoms with van der Waals surface area (Å²) < 4.78 is 41.0. The molecule has 0 radical (unpaired) electrons. The van der Waals surface area contributed by atoms with E-state index in [2.05, 4.69) is 24.1 Å². The van der Waals surface area contributed by atoms with E-state index in [1.165, 1.54) is 18.5 Å². The van der Waals surface area contributed by atoms with Crippen molar-refractivity contribution < 1.29 is 17.9 Å². The molecule has 1 N–H and O–H groups in total. The zero-order valence-corrected chi connectivity index (χ0v) is 10.4. The Labute approximate surface area is 104 Å². The number of nitrogens with one attached hydrogen (secondary N) is 1. The number of pyridine rings is 1. The van der Waals surface area contributed by atoms with Gasteiger partial charge in [0.15, 0.2) is 6.61 Å². The van der Waals surface area contributed by atoms with Crippen LogP contribution in [0.4, 0.5) is 13.2 Å². The molecule has 0 aliphatic carbocycles. The first-order valence-electron chi connectivity index (χ1n) is 5.71. The number of rotatable bonds is 6. The van der Waals surface area contributed by atoms with Crippen molar-refractivity contribution in [3.05, 3.63) is 24.0 Å². The molecule has 0 atom stereocenters. The lowest BCUT2D eigenvalue weighted by molar-refractivity contribution is -0.153. The van der Waals surface area contributed by atoms with Crippen LogP contribution in [0.2, 0.25) is 0 Å². The van der Waals surface area contributed by atoms with Crippen LogP contribution in [0.15, 0.2) is 18.5 Å². The van der Waals surface area contributed by atoms with Gasteiger partial charge >= 0.3 is 6.18 Å². The summed E-state index contributed by atoms with van der Waals surface area (Å²) in [7, 11) is 0. The van der Waals surface area contributed by atoms with Crippen LogP contribution in [-0.4, -0.2) is 24.3 Å². The molecule has 3 nitrogen and oxygen atoms in total. The summed E-state index contributed by atoms with van der Waals surface area (Å²) in [5, 5.41) is 3.14. The third-order valence-corrected chi connectivity index (χ3v) is 2.12. The summed E-state index contributed by atoms with van der Waals surface area (Å²) in [5.41, 5.74) is 0.627. The van der Waals surface area contributed by atoms with Gasteiger partial charge < -0.3 is 10.1 Å². The minimum atomic E-state index is -4.33. The fraction of sp³-hybridized carbons (Fsp3) is 0.583. The third kappa shape index (κ3) is 5.86. The molecule has 18 heavy (non-hydrogen) atoms. The summed E-state index contributed by atoms with van der Waals surface area (Å²) in [6.07, 6.45) is -1.40. The molecule has 0 aliphatic rings. The lowest BCUT2D eigenvalue weighted by atomic mass is 10.2. The lowest BCUT2D eigenvalue weighted by Crippen LogP contribution is -2.22. The first kappa shape index (κ1) is 14.8. The first-order valence-corrected chi connectivity index (χ1v) is 5.71. The Balaban J connectivity index is 2.56. The molecule has 1 heterocycles. The van der Waals surface area contributed by atoms with E-state index < -0.39 is 12.8 Å². The molecule has 0 unspecified atom stereocenters. The summed E-state index contributed by atoms with van der Waals surface area (Å²) in [5.74, 6) is 0.694. The van der Waals surface area contributed by atoms with Crippen molar-refractivity contribution in [2.45, 2.75) is 26.6 Å². The van der Waals surface area contributed by atoms with Gasteiger partial charge in [-0.25, -0.2) is 0 Å². The van der Waals surface area contributed by atoms with Gasteiger partial charge in [0.1, 0.15) is 5.75 Å². The quantitative estimate of drug-likeness (QED) is 0.856. The summed E-state index contributed by atoms with van der Waals surface area (Å²) in [6.45, 7) is 4.05. The molecule has 0 spiro atoms. The maximum absolute atomic E-state index is 12.1. The second-order valence-electron chi connectivity index (χ2n) is 4.41. The van der Waals surface area contributed by atoms with Crippen LogP contribution in [0.5, 0.6) is 5.75 Å². The highest BCUT2D eigenvalue weighted by atomic mass is 19.4. The molecule has 0 saturated carbocycles. The second-order valence-corrected chi connectivity index (χ2v) is 4.41. The van der Waals surface area contributed by atoms with E-state index in [-0.39, 0.29) is 5.75 Å². The third-order valence-electron chi connectivity index (χ3n) is 2.12. The Morgan fingerprint density at radius 3 is 2.72 bits per heavy atom. The molecule has 0 aliphatic heterocycles. The van der Waals surface area contributed by atoms with Gasteiger partial charge in [-0.15, -0.1) is 0 Å². The predicted octanol–water partition coefficient (Wildman–Crippen LogP) is 2.77. The van der Waals surface area contributed by atoms with Gasteiger partial charge in [-0.2, -0.15) is 13.2 Å². The summed E-state index contributed by atoms with van der Waals surface area (Å²) in [4.78, 5) is 3.89. The van der Waals surface area contributed by atoms with Crippen molar-refractivity contribution >= 4 is 0 Å². The lowest BCUT2D eigenvalue weighted by Gasteiger charge is -2.13. The molecule has 0 bridgehead atoms. The average molecular weight is 262 g/mol. The topological polar surface area (TPSA) is 34.2 Å². The van der Waals surface area contributed by atoms with E-state index >= 15 is 0 Å². The van der Waals surface area contributed by atoms with Gasteiger partial charge in [0.25, 0.3) is 0 Å². The first-order chi connectivity index (χ1) is 8.38. The van der Waals surface area contributed by atoms with Crippen molar-refractivity contribution in [2.75, 3.05) is 13.2 Å². The molecule has 0 saturated heterocycles. The maximum Gasteiger partial charge on any atom is 0.422 e. The zero-order valence-electron chi connectivity index (χ0n) is 10.4. The molecular formula is C12H17F3N2O. The van der Waals surface area contributed by atoms with E-state index in [0.29, 0.717) is 18.0 Å². The Hall–Kier alpha value is -1.30. The molecule has 0 fully saturated rings. The molecule has 6 heteroatoms. The van der Waals surface area contributed by atoms with E-state index in [0.717, 1.165) is 6.54 Å². The van der Waals surface area contributed by atoms with Crippen molar-refractivity contribution in [1.82, 2.24) is 10.3 Å². The smallest absolute Gasteiger partial charge is 0.422 e. The molecule has 1 rings (SSSR count). The van der Waals surface area contributed by atoms with Gasteiger partial charge in [-0.1, -0.05) is 13.8 Å². The number of alkyl halides is 3. The minimum Gasteiger partial charge on any atom is -0.484 e. The maximum atomic E-state index is 12.1. The number of nitrogens with zero attached hydrogens (tertiary/aromatic N) is 1. The highest BCUT2D eigenvalue weighted by molar-refractivity contribution is 5.29. The van der Waals surface area contributed by atoms with Crippen LogP contribution in [-0.2, 0) is 6.54 Å². The standard InChI is InChI=1S/C12H17F3N2O/c1-9(2)5-17-7-10-6-16-4-3-11(10)18-8-12(13,14)15/h3-4,6,9,17H,5,7-8H2,1-2H3. The second kappa shape index (κ2) is 6.58. The van der Waals surface area contributed by atoms with Gasteiger partial charge in [0, 0.05) is 24.5 Å². The fourth-order valence-electron chi connectivity index (χ4n) is 1.34. The number of halogens is 3. The van der Waals surface area contributed by atoms with E-state index in [9.17, 15) is 13.2 Å². The van der Waals surface area contributed by atoms with Crippen LogP contribution in [0.1, 0.15) is 19.4 Å². The summed E-state index contributed by atoms with van der Waals surface area (Å²) >= 11 is 0. The van der Waals surface area contributed by atoms with Gasteiger partial charge in [-0.3, -0.25) is 4.98 Å². The number of aromatic nitrogens is 1. The van der Waals surface area contributed by atoms with Crippen molar-refractivity contribution in [1.29, 1.82) is 0 Å². The summed E-state index contributed by atoms with van der Waals surface area (Å²) in [6, 6.07) is 1.44. The van der Waals surface area contributed by atoms with E-state index in [1.54, 1.807) is 0 Å². The predicted molar refractivity (Wildman–Crippen MR) is 62.3 cm³/mol. The largest absolute Gasteiger partial charge is 0.484 e. The van der Waals surface area contributed by atoms with E-state index in [1.807, 2.05) is 0 Å². The van der Waals surface area contributed by atoms with Crippen LogP contribution >= 0.6 is 0 Å². The van der Waals surface area contributed by atoms with Crippen LogP contribution < -0.4 is 10.1 Å². The minimum absolute atomic E-state index is 0.221. The van der Waals surface area contributed by atoms with Gasteiger partial charge in [0.05, 0.1) is 0 Å². The van der Waals surface area contributed by atoms with Crippen molar-refractivity contribution in [2.24, 2.45) is 5.92 Å². The van der Waals surface area contributed by atoms with Crippen molar-refractivity contribution in [3.8, 4) is 5.75 Å². The van der Waals surface area contributed by atoms with Crippen LogP contribution in [0.25, 0.3) is 0 Å². The zero-order chi connectivity index (χ0) is 13.6. The molecule has 102 valence electrons. The average Bonchev–Trinajstić information content (AvgIpc) is 2.26. The highest BCUT2D eigenvalue weighted by Gasteiger charge is 2.28. The van der Waals surface area contributed by atoms with Gasteiger partial charge in [0.2, 0.25) is 0 Å². The van der Waals surface area contributed by atoms with Crippen LogP contribution in [0, 0.1) is 5.92 Å². The Bertz CT molecular complexity index is 367. The highest BCUT2D eigenvalue weighted by Crippen LogP contribution is 2.21. The Morgan fingerprint density at radius 1 is 1.39 bits per heavy atom. The molecule has 0 aromatic carbocycles. The Kier molecular flexibility index (Phi) is 5.40. The van der Waals surface area contributed by atoms with Crippen LogP contribution in [0.3, 0.4) is 0 Å². The Morgan fingerprint density at radius 2 is 2.11 bits per heavy atom. The van der Waals surface area contributed by atoms with Gasteiger partial charge in [-0.05, 0) is 18.5 Å². The molecule has 1 aromatic rings. The van der Waals surface area contributed by atoms with Crippen molar-refractivity contribution in [3.63, 3.8) is 0 Å². The SMILES string of the molecule is CC(C)CNCc1cnccc1OCC(F)(F)F.